The van der Waals surface area contributed by atoms with Crippen LogP contribution in [0.25, 0.3) is 0 Å². The summed E-state index contributed by atoms with van der Waals surface area (Å²) in [6.07, 6.45) is 0. The molecule has 2 aromatic rings. The number of nitrogens with two attached hydrogens (primary N) is 1. The summed E-state index contributed by atoms with van der Waals surface area (Å²) in [5.74, 6) is 0.452. The number of hydrogen-bond donors (Lipinski definition) is 1. The Bertz CT molecular complexity index is 1090. The second-order valence-corrected chi connectivity index (χ2v) is 7.45. The molecule has 1 unspecified atom stereocenters. The average Bonchev–Trinajstić information content (AvgIpc) is 2.74. The molecule has 31 heavy (non-hydrogen) atoms. The molecule has 1 aliphatic heterocycles. The van der Waals surface area contributed by atoms with Gasteiger partial charge in [0.25, 0.3) is 0 Å². The van der Waals surface area contributed by atoms with E-state index in [9.17, 15) is 10.1 Å². The van der Waals surface area contributed by atoms with Gasteiger partial charge in [-0.25, -0.2) is 4.79 Å². The molecule has 1 aliphatic rings. The number of esters is 1. The fourth-order valence-corrected chi connectivity index (χ4v) is 3.65. The molecule has 0 saturated carbocycles. The lowest BCUT2D eigenvalue weighted by Gasteiger charge is -2.28. The molecule has 6 nitrogen and oxygen atoms in total. The van der Waals surface area contributed by atoms with E-state index in [0.717, 1.165) is 5.56 Å². The molecule has 1 atom stereocenters. The molecule has 0 fully saturated rings. The van der Waals surface area contributed by atoms with Crippen molar-refractivity contribution in [3.05, 3.63) is 82.4 Å². The zero-order valence-corrected chi connectivity index (χ0v) is 18.1. The van der Waals surface area contributed by atoms with E-state index in [1.807, 2.05) is 48.5 Å². The molecule has 0 bridgehead atoms. The van der Waals surface area contributed by atoms with Gasteiger partial charge in [0.1, 0.15) is 28.9 Å². The van der Waals surface area contributed by atoms with Gasteiger partial charge in [0.05, 0.1) is 18.1 Å². The Labute approximate surface area is 182 Å². The molecule has 2 aromatic carbocycles. The van der Waals surface area contributed by atoms with Gasteiger partial charge in [-0.1, -0.05) is 50.2 Å². The van der Waals surface area contributed by atoms with Gasteiger partial charge in [-0.3, -0.25) is 0 Å². The lowest BCUT2D eigenvalue weighted by atomic mass is 9.82. The van der Waals surface area contributed by atoms with Gasteiger partial charge in [-0.05, 0) is 37.5 Å². The zero-order valence-electron chi connectivity index (χ0n) is 18.1. The Hall–Kier alpha value is -3.72. The monoisotopic (exact) mass is 418 g/mol. The van der Waals surface area contributed by atoms with E-state index in [2.05, 4.69) is 19.9 Å². The first-order valence-electron chi connectivity index (χ1n) is 10.2. The number of ether oxygens (including phenoxy) is 3. The number of carbonyl (C=O) groups excluding carboxylic acids is 1. The van der Waals surface area contributed by atoms with Crippen LogP contribution in [-0.2, 0) is 14.3 Å². The molecule has 0 spiro atoms. The van der Waals surface area contributed by atoms with Gasteiger partial charge in [-0.2, -0.15) is 5.26 Å². The van der Waals surface area contributed by atoms with Crippen LogP contribution in [0.5, 0.6) is 11.5 Å². The number of carbonyl (C=O) groups is 1. The molecular formula is C25H26N2O4. The maximum atomic E-state index is 12.8. The first kappa shape index (κ1) is 22.0. The van der Waals surface area contributed by atoms with Crippen LogP contribution >= 0.6 is 0 Å². The summed E-state index contributed by atoms with van der Waals surface area (Å²) in [5.41, 5.74) is 8.08. The first-order valence-corrected chi connectivity index (χ1v) is 10.2. The Balaban J connectivity index is 2.16. The van der Waals surface area contributed by atoms with Gasteiger partial charge in [0.2, 0.25) is 5.88 Å². The summed E-state index contributed by atoms with van der Waals surface area (Å²) in [6.45, 7) is 7.74. The number of hydrogen-bond acceptors (Lipinski definition) is 6. The second-order valence-electron chi connectivity index (χ2n) is 7.45. The fraction of sp³-hybridized carbons (Fsp3) is 0.280. The van der Waals surface area contributed by atoms with Crippen molar-refractivity contribution >= 4 is 5.97 Å². The van der Waals surface area contributed by atoms with Gasteiger partial charge in [-0.15, -0.1) is 0 Å². The van der Waals surface area contributed by atoms with Crippen LogP contribution in [0.3, 0.4) is 0 Å². The van der Waals surface area contributed by atoms with Crippen LogP contribution in [0.15, 0.2) is 71.3 Å². The average molecular weight is 418 g/mol. The van der Waals surface area contributed by atoms with Crippen molar-refractivity contribution in [1.82, 2.24) is 0 Å². The van der Waals surface area contributed by atoms with E-state index in [4.69, 9.17) is 19.9 Å². The minimum atomic E-state index is -0.764. The third-order valence-corrected chi connectivity index (χ3v) is 5.09. The van der Waals surface area contributed by atoms with Crippen LogP contribution in [0.4, 0.5) is 0 Å². The van der Waals surface area contributed by atoms with E-state index in [0.29, 0.717) is 22.8 Å². The van der Waals surface area contributed by atoms with E-state index < -0.39 is 11.9 Å². The maximum Gasteiger partial charge on any atom is 0.338 e. The van der Waals surface area contributed by atoms with Gasteiger partial charge < -0.3 is 19.9 Å². The smallest absolute Gasteiger partial charge is 0.338 e. The molecule has 0 saturated heterocycles. The van der Waals surface area contributed by atoms with Crippen LogP contribution in [0.1, 0.15) is 50.7 Å². The van der Waals surface area contributed by atoms with Gasteiger partial charge >= 0.3 is 5.97 Å². The summed E-state index contributed by atoms with van der Waals surface area (Å²) >= 11 is 0. The third kappa shape index (κ3) is 4.41. The molecule has 0 radical (unpaired) electrons. The maximum absolute atomic E-state index is 12.8. The highest BCUT2D eigenvalue weighted by molar-refractivity contribution is 5.92. The molecule has 1 heterocycles. The second kappa shape index (κ2) is 9.40. The summed E-state index contributed by atoms with van der Waals surface area (Å²) in [6, 6.07) is 17.2. The van der Waals surface area contributed by atoms with Crippen LogP contribution < -0.4 is 10.5 Å². The number of rotatable bonds is 6. The molecule has 160 valence electrons. The van der Waals surface area contributed by atoms with Crippen molar-refractivity contribution in [3.63, 3.8) is 0 Å². The van der Waals surface area contributed by atoms with Crippen molar-refractivity contribution in [2.75, 3.05) is 6.61 Å². The highest BCUT2D eigenvalue weighted by Gasteiger charge is 2.37. The van der Waals surface area contributed by atoms with Crippen LogP contribution in [0.2, 0.25) is 0 Å². The molecule has 3 rings (SSSR count). The van der Waals surface area contributed by atoms with Gasteiger partial charge in [0, 0.05) is 5.56 Å². The van der Waals surface area contributed by atoms with E-state index in [-0.39, 0.29) is 29.6 Å². The van der Waals surface area contributed by atoms with Crippen molar-refractivity contribution in [2.45, 2.75) is 39.5 Å². The largest absolute Gasteiger partial charge is 0.463 e. The van der Waals surface area contributed by atoms with Crippen molar-refractivity contribution in [2.24, 2.45) is 5.73 Å². The standard InChI is InChI=1S/C25H26N2O4/c1-5-29-25(28)22-16(4)30-24(27)19(14-26)23(22)18-11-7-9-13-21(18)31-20-12-8-6-10-17(20)15(2)3/h6-13,15,23H,5,27H2,1-4H3. The van der Waals surface area contributed by atoms with E-state index in [1.165, 1.54) is 0 Å². The first-order chi connectivity index (χ1) is 14.9. The predicted molar refractivity (Wildman–Crippen MR) is 117 cm³/mol. The molecule has 0 aliphatic carbocycles. The van der Waals surface area contributed by atoms with Crippen molar-refractivity contribution < 1.29 is 19.0 Å². The summed E-state index contributed by atoms with van der Waals surface area (Å²) in [4.78, 5) is 12.8. The summed E-state index contributed by atoms with van der Waals surface area (Å²) < 4.78 is 17.1. The highest BCUT2D eigenvalue weighted by Crippen LogP contribution is 2.44. The molecule has 0 aromatic heterocycles. The number of para-hydroxylation sites is 2. The summed E-state index contributed by atoms with van der Waals surface area (Å²) in [5, 5.41) is 9.82. The Morgan fingerprint density at radius 1 is 1.16 bits per heavy atom. The normalized spacial score (nSPS) is 16.1. The zero-order chi connectivity index (χ0) is 22.5. The molecule has 6 heteroatoms. The SMILES string of the molecule is CCOC(=O)C1=C(C)OC(N)=C(C#N)C1c1ccccc1Oc1ccccc1C(C)C. The molecule has 0 amide bonds. The Morgan fingerprint density at radius 3 is 2.45 bits per heavy atom. The topological polar surface area (TPSA) is 94.6 Å². The minimum Gasteiger partial charge on any atom is -0.463 e. The predicted octanol–water partition coefficient (Wildman–Crippen LogP) is 5.25. The molecular weight excluding hydrogens is 392 g/mol. The lowest BCUT2D eigenvalue weighted by Crippen LogP contribution is -2.25. The van der Waals surface area contributed by atoms with Crippen LogP contribution in [0, 0.1) is 11.3 Å². The van der Waals surface area contributed by atoms with E-state index in [1.54, 1.807) is 13.8 Å². The quantitative estimate of drug-likeness (QED) is 0.644. The number of benzene rings is 2. The van der Waals surface area contributed by atoms with Crippen molar-refractivity contribution in [1.29, 1.82) is 5.26 Å². The molecule has 2 N–H and O–H groups in total. The summed E-state index contributed by atoms with van der Waals surface area (Å²) in [7, 11) is 0. The highest BCUT2D eigenvalue weighted by atomic mass is 16.5. The van der Waals surface area contributed by atoms with E-state index >= 15 is 0 Å². The number of nitrogens with zero attached hydrogens (tertiary/aromatic N) is 1. The number of nitriles is 1. The third-order valence-electron chi connectivity index (χ3n) is 5.09. The van der Waals surface area contributed by atoms with Crippen molar-refractivity contribution in [3.8, 4) is 17.6 Å². The van der Waals surface area contributed by atoms with Gasteiger partial charge in [0.15, 0.2) is 0 Å². The Morgan fingerprint density at radius 2 is 1.81 bits per heavy atom. The Kier molecular flexibility index (Phi) is 6.66. The lowest BCUT2D eigenvalue weighted by molar-refractivity contribution is -0.139. The fourth-order valence-electron chi connectivity index (χ4n) is 3.65. The van der Waals surface area contributed by atoms with Crippen LogP contribution in [-0.4, -0.2) is 12.6 Å². The minimum absolute atomic E-state index is 0.0320. The number of allylic oxidation sites excluding steroid dienone is 2.